The van der Waals surface area contributed by atoms with E-state index in [4.69, 9.17) is 16.3 Å². The standard InChI is InChI=1S/C14H10BrClF3NO3S/c1-23-12-3-2-10(16)7-13(12)24(21,22)20-11-5-8(14(17,18)19)4-9(15)6-11/h2-7,20H,1H3. The minimum atomic E-state index is -4.61. The lowest BCUT2D eigenvalue weighted by atomic mass is 10.2. The van der Waals surface area contributed by atoms with E-state index < -0.39 is 21.8 Å². The molecule has 0 aliphatic carbocycles. The quantitative estimate of drug-likeness (QED) is 0.727. The first-order valence-electron chi connectivity index (χ1n) is 6.27. The average Bonchev–Trinajstić information content (AvgIpc) is 2.45. The Hall–Kier alpha value is -1.45. The van der Waals surface area contributed by atoms with Crippen LogP contribution in [-0.2, 0) is 16.2 Å². The van der Waals surface area contributed by atoms with E-state index in [0.717, 1.165) is 12.1 Å². The van der Waals surface area contributed by atoms with Crippen molar-refractivity contribution in [2.45, 2.75) is 11.1 Å². The van der Waals surface area contributed by atoms with Gasteiger partial charge in [-0.1, -0.05) is 27.5 Å². The average molecular weight is 445 g/mol. The van der Waals surface area contributed by atoms with Crippen LogP contribution in [0.4, 0.5) is 18.9 Å². The predicted molar refractivity (Wildman–Crippen MR) is 88.0 cm³/mol. The molecule has 130 valence electrons. The molecule has 0 unspecified atom stereocenters. The summed E-state index contributed by atoms with van der Waals surface area (Å²) in [7, 11) is -2.94. The number of benzene rings is 2. The van der Waals surface area contributed by atoms with Crippen LogP contribution >= 0.6 is 27.5 Å². The molecule has 10 heteroatoms. The van der Waals surface area contributed by atoms with E-state index in [0.29, 0.717) is 6.07 Å². The van der Waals surface area contributed by atoms with Crippen molar-refractivity contribution in [1.82, 2.24) is 0 Å². The summed E-state index contributed by atoms with van der Waals surface area (Å²) in [5, 5.41) is 0.140. The molecular weight excluding hydrogens is 435 g/mol. The molecule has 0 saturated carbocycles. The maximum atomic E-state index is 12.8. The Morgan fingerprint density at radius 3 is 2.42 bits per heavy atom. The molecule has 0 atom stereocenters. The van der Waals surface area contributed by atoms with Crippen molar-refractivity contribution in [3.63, 3.8) is 0 Å². The summed E-state index contributed by atoms with van der Waals surface area (Å²) in [5.74, 6) is 0.0120. The molecule has 2 aromatic rings. The molecule has 0 radical (unpaired) electrons. The Morgan fingerprint density at radius 1 is 1.17 bits per heavy atom. The largest absolute Gasteiger partial charge is 0.495 e. The summed E-state index contributed by atoms with van der Waals surface area (Å²) in [4.78, 5) is -0.286. The number of hydrogen-bond acceptors (Lipinski definition) is 3. The summed E-state index contributed by atoms with van der Waals surface area (Å²) < 4.78 is 70.6. The van der Waals surface area contributed by atoms with Gasteiger partial charge in [-0.15, -0.1) is 0 Å². The van der Waals surface area contributed by atoms with E-state index in [1.165, 1.54) is 25.3 Å². The lowest BCUT2D eigenvalue weighted by Crippen LogP contribution is -2.15. The minimum Gasteiger partial charge on any atom is -0.495 e. The zero-order valence-corrected chi connectivity index (χ0v) is 15.1. The lowest BCUT2D eigenvalue weighted by Gasteiger charge is -2.14. The summed E-state index contributed by atoms with van der Waals surface area (Å²) in [6.07, 6.45) is -4.61. The van der Waals surface area contributed by atoms with Gasteiger partial charge in [0.05, 0.1) is 18.4 Å². The van der Waals surface area contributed by atoms with Gasteiger partial charge in [0.2, 0.25) is 0 Å². The number of anilines is 1. The van der Waals surface area contributed by atoms with Gasteiger partial charge in [0, 0.05) is 9.50 Å². The molecule has 0 fully saturated rings. The van der Waals surface area contributed by atoms with E-state index in [2.05, 4.69) is 20.7 Å². The highest BCUT2D eigenvalue weighted by atomic mass is 79.9. The molecular formula is C14H10BrClF3NO3S. The number of alkyl halides is 3. The molecule has 0 bridgehead atoms. The number of rotatable bonds is 4. The van der Waals surface area contributed by atoms with Crippen molar-refractivity contribution >= 4 is 43.2 Å². The van der Waals surface area contributed by atoms with Gasteiger partial charge < -0.3 is 4.74 Å². The second kappa shape index (κ2) is 6.81. The molecule has 0 aliphatic heterocycles. The molecule has 2 aromatic carbocycles. The third-order valence-corrected chi connectivity index (χ3v) is 4.99. The highest BCUT2D eigenvalue weighted by molar-refractivity contribution is 9.10. The molecule has 0 aromatic heterocycles. The van der Waals surface area contributed by atoms with Crippen LogP contribution in [0.2, 0.25) is 5.02 Å². The Morgan fingerprint density at radius 2 is 1.83 bits per heavy atom. The van der Waals surface area contributed by atoms with Crippen LogP contribution in [-0.4, -0.2) is 15.5 Å². The summed E-state index contributed by atoms with van der Waals surface area (Å²) in [6, 6.07) is 6.67. The van der Waals surface area contributed by atoms with E-state index in [1.807, 2.05) is 0 Å². The molecule has 0 amide bonds. The molecule has 0 spiro atoms. The van der Waals surface area contributed by atoms with Gasteiger partial charge in [0.25, 0.3) is 10.0 Å². The van der Waals surface area contributed by atoms with Gasteiger partial charge in [0.1, 0.15) is 10.6 Å². The smallest absolute Gasteiger partial charge is 0.416 e. The maximum Gasteiger partial charge on any atom is 0.416 e. The molecule has 0 aliphatic rings. The monoisotopic (exact) mass is 443 g/mol. The highest BCUT2D eigenvalue weighted by Gasteiger charge is 2.31. The molecule has 2 rings (SSSR count). The van der Waals surface area contributed by atoms with Gasteiger partial charge in [-0.05, 0) is 36.4 Å². The molecule has 4 nitrogen and oxygen atoms in total. The molecule has 0 saturated heterocycles. The number of halogens is 5. The van der Waals surface area contributed by atoms with Gasteiger partial charge in [-0.2, -0.15) is 13.2 Å². The Balaban J connectivity index is 2.47. The third-order valence-electron chi connectivity index (χ3n) is 2.89. The van der Waals surface area contributed by atoms with Crippen LogP contribution in [0.3, 0.4) is 0 Å². The minimum absolute atomic E-state index is 0.0120. The zero-order valence-electron chi connectivity index (χ0n) is 12.0. The number of ether oxygens (including phenoxy) is 1. The van der Waals surface area contributed by atoms with Gasteiger partial charge in [-0.3, -0.25) is 4.72 Å². The second-order valence-electron chi connectivity index (χ2n) is 4.63. The van der Waals surface area contributed by atoms with Crippen LogP contribution in [0.5, 0.6) is 5.75 Å². The second-order valence-corrected chi connectivity index (χ2v) is 7.63. The van der Waals surface area contributed by atoms with E-state index in [1.54, 1.807) is 0 Å². The van der Waals surface area contributed by atoms with Crippen LogP contribution in [0.25, 0.3) is 0 Å². The Labute approximate surface area is 149 Å². The third kappa shape index (κ3) is 4.34. The van der Waals surface area contributed by atoms with E-state index in [9.17, 15) is 21.6 Å². The van der Waals surface area contributed by atoms with Crippen molar-refractivity contribution in [2.75, 3.05) is 11.8 Å². The molecule has 1 N–H and O–H groups in total. The number of sulfonamides is 1. The summed E-state index contributed by atoms with van der Waals surface area (Å²) in [6.45, 7) is 0. The van der Waals surface area contributed by atoms with Crippen molar-refractivity contribution in [1.29, 1.82) is 0 Å². The van der Waals surface area contributed by atoms with Crippen LogP contribution in [0.15, 0.2) is 45.8 Å². The number of methoxy groups -OCH3 is 1. The van der Waals surface area contributed by atoms with Crippen LogP contribution in [0, 0.1) is 0 Å². The lowest BCUT2D eigenvalue weighted by molar-refractivity contribution is -0.137. The highest BCUT2D eigenvalue weighted by Crippen LogP contribution is 2.35. The van der Waals surface area contributed by atoms with Crippen molar-refractivity contribution in [2.24, 2.45) is 0 Å². The van der Waals surface area contributed by atoms with Crippen molar-refractivity contribution < 1.29 is 26.3 Å². The van der Waals surface area contributed by atoms with Crippen molar-refractivity contribution in [3.8, 4) is 5.75 Å². The van der Waals surface area contributed by atoms with Crippen molar-refractivity contribution in [3.05, 3.63) is 51.5 Å². The summed E-state index contributed by atoms with van der Waals surface area (Å²) in [5.41, 5.74) is -1.24. The van der Waals surface area contributed by atoms with Crippen LogP contribution < -0.4 is 9.46 Å². The fourth-order valence-electron chi connectivity index (χ4n) is 1.88. The SMILES string of the molecule is COc1ccc(Cl)cc1S(=O)(=O)Nc1cc(Br)cc(C(F)(F)F)c1. The fraction of sp³-hybridized carbons (Fsp3) is 0.143. The zero-order chi connectivity index (χ0) is 18.1. The Bertz CT molecular complexity index is 872. The van der Waals surface area contributed by atoms with Gasteiger partial charge in [-0.25, -0.2) is 8.42 Å². The molecule has 0 heterocycles. The van der Waals surface area contributed by atoms with Crippen LogP contribution in [0.1, 0.15) is 5.56 Å². The Kier molecular flexibility index (Phi) is 5.36. The topological polar surface area (TPSA) is 55.4 Å². The normalized spacial score (nSPS) is 12.1. The van der Waals surface area contributed by atoms with Gasteiger partial charge >= 0.3 is 6.18 Å². The number of nitrogens with one attached hydrogen (secondary N) is 1. The first kappa shape index (κ1) is 18.9. The number of hydrogen-bond donors (Lipinski definition) is 1. The first-order valence-corrected chi connectivity index (χ1v) is 8.92. The van der Waals surface area contributed by atoms with E-state index >= 15 is 0 Å². The van der Waals surface area contributed by atoms with E-state index in [-0.39, 0.29) is 25.8 Å². The maximum absolute atomic E-state index is 12.8. The fourth-order valence-corrected chi connectivity index (χ4v) is 3.85. The van der Waals surface area contributed by atoms with Gasteiger partial charge in [0.15, 0.2) is 0 Å². The predicted octanol–water partition coefficient (Wildman–Crippen LogP) is 4.93. The molecule has 24 heavy (non-hydrogen) atoms. The summed E-state index contributed by atoms with van der Waals surface area (Å²) >= 11 is 8.72. The first-order chi connectivity index (χ1) is 11.0.